The molecule has 1 aliphatic heterocycles. The second-order valence-corrected chi connectivity index (χ2v) is 12.6. The van der Waals surface area contributed by atoms with Gasteiger partial charge in [-0.1, -0.05) is 87.9 Å². The summed E-state index contributed by atoms with van der Waals surface area (Å²) >= 11 is 1.56. The Morgan fingerprint density at radius 3 is 2.29 bits per heavy atom. The molecule has 0 saturated heterocycles. The molecule has 1 heterocycles. The molecule has 0 spiro atoms. The number of anilines is 1. The zero-order chi connectivity index (χ0) is 29.8. The molecule has 7 nitrogen and oxygen atoms in total. The molecule has 1 aliphatic rings. The third-order valence-electron chi connectivity index (χ3n) is 6.88. The Labute approximate surface area is 249 Å². The molecule has 1 N–H and O–H groups in total. The molecule has 3 unspecified atom stereocenters. The Hall–Kier alpha value is -2.84. The van der Waals surface area contributed by atoms with Gasteiger partial charge in [0.15, 0.2) is 0 Å². The van der Waals surface area contributed by atoms with E-state index in [9.17, 15) is 14.4 Å². The van der Waals surface area contributed by atoms with Crippen molar-refractivity contribution in [3.05, 3.63) is 60.2 Å². The first-order valence-corrected chi connectivity index (χ1v) is 15.8. The Morgan fingerprint density at radius 2 is 1.61 bits per heavy atom. The lowest BCUT2D eigenvalue weighted by molar-refractivity contribution is -0.154. The number of benzene rings is 2. The van der Waals surface area contributed by atoms with Gasteiger partial charge in [-0.15, -0.1) is 11.8 Å². The molecule has 3 atom stereocenters. The second kappa shape index (κ2) is 16.0. The summed E-state index contributed by atoms with van der Waals surface area (Å²) in [6.45, 7) is 9.44. The highest BCUT2D eigenvalue weighted by Crippen LogP contribution is 2.46. The maximum absolute atomic E-state index is 14.4. The molecule has 0 radical (unpaired) electrons. The van der Waals surface area contributed by atoms with Crippen LogP contribution in [0.1, 0.15) is 90.4 Å². The number of esters is 2. The first kappa shape index (κ1) is 32.7. The molecule has 3 rings (SSSR count). The average Bonchev–Trinajstić information content (AvgIpc) is 3.04. The van der Waals surface area contributed by atoms with Crippen LogP contribution in [-0.4, -0.2) is 48.7 Å². The van der Waals surface area contributed by atoms with E-state index in [1.54, 1.807) is 39.5 Å². The van der Waals surface area contributed by atoms with Gasteiger partial charge >= 0.3 is 11.9 Å². The molecule has 2 aromatic rings. The predicted molar refractivity (Wildman–Crippen MR) is 165 cm³/mol. The molecule has 0 fully saturated rings. The van der Waals surface area contributed by atoms with E-state index in [0.717, 1.165) is 29.7 Å². The highest BCUT2D eigenvalue weighted by Gasteiger charge is 2.41. The first-order valence-electron chi connectivity index (χ1n) is 14.9. The lowest BCUT2D eigenvalue weighted by Gasteiger charge is -2.31. The van der Waals surface area contributed by atoms with Crippen LogP contribution in [0.5, 0.6) is 0 Å². The van der Waals surface area contributed by atoms with Gasteiger partial charge in [0.05, 0.1) is 17.5 Å². The van der Waals surface area contributed by atoms with Crippen LogP contribution in [0.3, 0.4) is 0 Å². The van der Waals surface area contributed by atoms with Gasteiger partial charge < -0.3 is 9.47 Å². The fraction of sp³-hybridized carbons (Fsp3) is 0.545. The van der Waals surface area contributed by atoms with Gasteiger partial charge in [0, 0.05) is 4.90 Å². The van der Waals surface area contributed by atoms with Gasteiger partial charge in [-0.25, -0.2) is 0 Å². The molecule has 0 aromatic heterocycles. The molecule has 2 aromatic carbocycles. The smallest absolute Gasteiger partial charge is 0.326 e. The normalized spacial score (nSPS) is 17.9. The van der Waals surface area contributed by atoms with Crippen LogP contribution in [0.25, 0.3) is 0 Å². The van der Waals surface area contributed by atoms with E-state index < -0.39 is 23.7 Å². The van der Waals surface area contributed by atoms with Crippen molar-refractivity contribution in [1.82, 2.24) is 5.32 Å². The molecule has 0 saturated carbocycles. The lowest BCUT2D eigenvalue weighted by atomic mass is 10.0. The Bertz CT molecular complexity index is 1130. The van der Waals surface area contributed by atoms with Gasteiger partial charge in [0.1, 0.15) is 24.2 Å². The van der Waals surface area contributed by atoms with Crippen molar-refractivity contribution in [3.63, 3.8) is 0 Å². The summed E-state index contributed by atoms with van der Waals surface area (Å²) in [5.41, 5.74) is 0.929. The summed E-state index contributed by atoms with van der Waals surface area (Å²) in [5, 5.41) is 3.09. The second-order valence-electron chi connectivity index (χ2n) is 11.4. The third kappa shape index (κ3) is 9.89. The minimum atomic E-state index is -0.785. The van der Waals surface area contributed by atoms with Crippen molar-refractivity contribution < 1.29 is 23.9 Å². The van der Waals surface area contributed by atoms with Crippen molar-refractivity contribution in [2.24, 2.45) is 0 Å². The SMILES string of the molecule is CCCCCCCCC(NC1C(=O)N(CC(=O)OC(C)(C)C)c2ccccc2SC1c1ccccc1)C(=O)OCC. The monoisotopic (exact) mass is 582 g/mol. The Morgan fingerprint density at radius 1 is 0.951 bits per heavy atom. The summed E-state index contributed by atoms with van der Waals surface area (Å²) in [7, 11) is 0. The number of unbranched alkanes of at least 4 members (excludes halogenated alkanes) is 5. The van der Waals surface area contributed by atoms with E-state index in [1.807, 2.05) is 54.6 Å². The number of hydrogen-bond acceptors (Lipinski definition) is 7. The van der Waals surface area contributed by atoms with Crippen molar-refractivity contribution in [3.8, 4) is 0 Å². The average molecular weight is 583 g/mol. The molecule has 1 amide bonds. The van der Waals surface area contributed by atoms with Gasteiger partial charge in [-0.05, 0) is 51.8 Å². The molecule has 0 aliphatic carbocycles. The van der Waals surface area contributed by atoms with Crippen LogP contribution in [0.15, 0.2) is 59.5 Å². The van der Waals surface area contributed by atoms with E-state index in [2.05, 4.69) is 12.2 Å². The number of carbonyl (C=O) groups is 3. The molecule has 0 bridgehead atoms. The van der Waals surface area contributed by atoms with Crippen molar-refractivity contribution in [2.75, 3.05) is 18.1 Å². The number of ether oxygens (including phenoxy) is 2. The van der Waals surface area contributed by atoms with Crippen molar-refractivity contribution in [2.45, 2.75) is 107 Å². The quantitative estimate of drug-likeness (QED) is 0.193. The molecule has 224 valence electrons. The van der Waals surface area contributed by atoms with Crippen LogP contribution >= 0.6 is 11.8 Å². The van der Waals surface area contributed by atoms with Crippen molar-refractivity contribution >= 4 is 35.3 Å². The van der Waals surface area contributed by atoms with Gasteiger partial charge in [0.2, 0.25) is 5.91 Å². The predicted octanol–water partition coefficient (Wildman–Crippen LogP) is 6.85. The van der Waals surface area contributed by atoms with Crippen LogP contribution < -0.4 is 10.2 Å². The third-order valence-corrected chi connectivity index (χ3v) is 8.28. The summed E-state index contributed by atoms with van der Waals surface area (Å²) < 4.78 is 11.1. The van der Waals surface area contributed by atoms with Crippen LogP contribution in [-0.2, 0) is 23.9 Å². The number of rotatable bonds is 14. The maximum Gasteiger partial charge on any atom is 0.326 e. The first-order chi connectivity index (χ1) is 19.6. The number of fused-ring (bicyclic) bond motifs is 1. The summed E-state index contributed by atoms with van der Waals surface area (Å²) in [6, 6.07) is 16.0. The van der Waals surface area contributed by atoms with E-state index in [-0.39, 0.29) is 30.3 Å². The van der Waals surface area contributed by atoms with Crippen LogP contribution in [0.4, 0.5) is 5.69 Å². The summed E-state index contributed by atoms with van der Waals surface area (Å²) in [6.07, 6.45) is 7.12. The lowest BCUT2D eigenvalue weighted by Crippen LogP contribution is -2.55. The largest absolute Gasteiger partial charge is 0.465 e. The minimum absolute atomic E-state index is 0.227. The van der Waals surface area contributed by atoms with Gasteiger partial charge in [0.25, 0.3) is 0 Å². The fourth-order valence-electron chi connectivity index (χ4n) is 4.99. The van der Waals surface area contributed by atoms with E-state index >= 15 is 0 Å². The Kier molecular flexibility index (Phi) is 12.7. The zero-order valence-electron chi connectivity index (χ0n) is 25.2. The number of amides is 1. The number of nitrogens with zero attached hydrogens (tertiary/aromatic N) is 1. The number of nitrogens with one attached hydrogen (secondary N) is 1. The topological polar surface area (TPSA) is 84.9 Å². The van der Waals surface area contributed by atoms with Crippen molar-refractivity contribution in [1.29, 1.82) is 0 Å². The van der Waals surface area contributed by atoms with Crippen LogP contribution in [0.2, 0.25) is 0 Å². The maximum atomic E-state index is 14.4. The molecule has 8 heteroatoms. The van der Waals surface area contributed by atoms with Gasteiger partial charge in [-0.3, -0.25) is 24.6 Å². The number of thioether (sulfide) groups is 1. The molecular formula is C33H46N2O5S. The molecular weight excluding hydrogens is 536 g/mol. The van der Waals surface area contributed by atoms with Gasteiger partial charge in [-0.2, -0.15) is 0 Å². The minimum Gasteiger partial charge on any atom is -0.465 e. The standard InChI is InChI=1S/C33H46N2O5S/c1-6-8-9-10-11-15-20-25(32(38)39-7-2)34-29-30(24-18-13-12-14-19-24)41-27-22-17-16-21-26(27)35(31(29)37)23-28(36)40-33(3,4)5/h12-14,16-19,21-22,25,29-30,34H,6-11,15,20,23H2,1-5H3. The number of carbonyl (C=O) groups excluding carboxylic acids is 3. The molecule has 41 heavy (non-hydrogen) atoms. The number of hydrogen-bond donors (Lipinski definition) is 1. The van der Waals surface area contributed by atoms with E-state index in [4.69, 9.17) is 9.47 Å². The number of para-hydroxylation sites is 1. The summed E-state index contributed by atoms with van der Waals surface area (Å²) in [5.74, 6) is -1.12. The Balaban J connectivity index is 1.97. The van der Waals surface area contributed by atoms with E-state index in [1.165, 1.54) is 24.2 Å². The zero-order valence-corrected chi connectivity index (χ0v) is 26.0. The summed E-state index contributed by atoms with van der Waals surface area (Å²) in [4.78, 5) is 43.0. The fourth-order valence-corrected chi connectivity index (χ4v) is 6.34. The van der Waals surface area contributed by atoms with E-state index in [0.29, 0.717) is 12.1 Å². The van der Waals surface area contributed by atoms with Crippen LogP contribution in [0, 0.1) is 0 Å². The highest BCUT2D eigenvalue weighted by molar-refractivity contribution is 7.99. The highest BCUT2D eigenvalue weighted by atomic mass is 32.2.